The minimum Gasteiger partial charge on any atom is -0.496 e. The lowest BCUT2D eigenvalue weighted by Gasteiger charge is -2.08. The number of nitrogens with zero attached hydrogens (tertiary/aromatic N) is 1. The molecule has 0 unspecified atom stereocenters. The molecule has 1 aromatic heterocycles. The van der Waals surface area contributed by atoms with Gasteiger partial charge in [-0.2, -0.15) is 0 Å². The largest absolute Gasteiger partial charge is 0.496 e. The molecule has 0 radical (unpaired) electrons. The van der Waals surface area contributed by atoms with E-state index in [-0.39, 0.29) is 5.69 Å². The fourth-order valence-electron chi connectivity index (χ4n) is 0.911. The Morgan fingerprint density at radius 2 is 2.15 bits per heavy atom. The molecule has 0 bridgehead atoms. The van der Waals surface area contributed by atoms with Gasteiger partial charge in [-0.3, -0.25) is 4.98 Å². The van der Waals surface area contributed by atoms with Crippen LogP contribution in [0.15, 0.2) is 6.07 Å². The van der Waals surface area contributed by atoms with Crippen molar-refractivity contribution >= 4 is 22.6 Å². The number of aromatic nitrogens is 1. The van der Waals surface area contributed by atoms with E-state index in [1.54, 1.807) is 6.92 Å². The van der Waals surface area contributed by atoms with E-state index in [1.807, 2.05) is 22.6 Å². The van der Waals surface area contributed by atoms with Crippen molar-refractivity contribution < 1.29 is 13.5 Å². The van der Waals surface area contributed by atoms with Crippen LogP contribution in [0.5, 0.6) is 5.75 Å². The van der Waals surface area contributed by atoms with E-state index in [0.29, 0.717) is 11.4 Å². The summed E-state index contributed by atoms with van der Waals surface area (Å²) in [5.41, 5.74) is 0.324. The quantitative estimate of drug-likeness (QED) is 0.783. The van der Waals surface area contributed by atoms with Crippen molar-refractivity contribution in [2.45, 2.75) is 13.3 Å². The van der Waals surface area contributed by atoms with Gasteiger partial charge in [-0.05, 0) is 29.5 Å². The standard InChI is InChI=1S/C8H8F2INO/c1-4-7(11)6(13-2)3-5(12-4)8(9)10/h3,8H,1-2H3. The van der Waals surface area contributed by atoms with E-state index in [4.69, 9.17) is 4.74 Å². The van der Waals surface area contributed by atoms with Gasteiger partial charge in [0.25, 0.3) is 6.43 Å². The number of halogens is 3. The molecule has 0 aliphatic heterocycles. The molecule has 0 amide bonds. The van der Waals surface area contributed by atoms with Crippen LogP contribution >= 0.6 is 22.6 Å². The predicted molar refractivity (Wildman–Crippen MR) is 53.2 cm³/mol. The first-order valence-corrected chi connectivity index (χ1v) is 4.63. The normalized spacial score (nSPS) is 10.6. The number of methoxy groups -OCH3 is 1. The highest BCUT2D eigenvalue weighted by molar-refractivity contribution is 14.1. The van der Waals surface area contributed by atoms with Crippen LogP contribution in [0, 0.1) is 10.5 Å². The lowest BCUT2D eigenvalue weighted by atomic mass is 10.3. The Morgan fingerprint density at radius 3 is 2.62 bits per heavy atom. The predicted octanol–water partition coefficient (Wildman–Crippen LogP) is 2.94. The van der Waals surface area contributed by atoms with Crippen LogP contribution < -0.4 is 4.74 Å². The van der Waals surface area contributed by atoms with Gasteiger partial charge in [0, 0.05) is 6.07 Å². The van der Waals surface area contributed by atoms with Crippen LogP contribution in [0.2, 0.25) is 0 Å². The van der Waals surface area contributed by atoms with Crippen LogP contribution in [0.4, 0.5) is 8.78 Å². The van der Waals surface area contributed by atoms with E-state index in [9.17, 15) is 8.78 Å². The van der Waals surface area contributed by atoms with Gasteiger partial charge in [0.15, 0.2) is 0 Å². The first-order valence-electron chi connectivity index (χ1n) is 3.55. The Kier molecular flexibility index (Phi) is 3.40. The second-order valence-electron chi connectivity index (χ2n) is 2.45. The first kappa shape index (κ1) is 10.6. The topological polar surface area (TPSA) is 22.1 Å². The Bertz CT molecular complexity index is 317. The van der Waals surface area contributed by atoms with Gasteiger partial charge in [-0.1, -0.05) is 0 Å². The summed E-state index contributed by atoms with van der Waals surface area (Å²) in [6.07, 6.45) is -2.55. The lowest BCUT2D eigenvalue weighted by Crippen LogP contribution is -1.98. The van der Waals surface area contributed by atoms with Crippen LogP contribution in [-0.2, 0) is 0 Å². The molecule has 0 aliphatic carbocycles. The minimum absolute atomic E-state index is 0.241. The number of ether oxygens (including phenoxy) is 1. The molecular weight excluding hydrogens is 291 g/mol. The van der Waals surface area contributed by atoms with Crippen molar-refractivity contribution in [3.8, 4) is 5.75 Å². The second-order valence-corrected chi connectivity index (χ2v) is 3.53. The van der Waals surface area contributed by atoms with E-state index in [0.717, 1.165) is 3.57 Å². The number of aryl methyl sites for hydroxylation is 1. The number of hydrogen-bond donors (Lipinski definition) is 0. The summed E-state index contributed by atoms with van der Waals surface area (Å²) >= 11 is 2.01. The maximum absolute atomic E-state index is 12.3. The van der Waals surface area contributed by atoms with Gasteiger partial charge in [0.2, 0.25) is 0 Å². The number of alkyl halides is 2. The average molecular weight is 299 g/mol. The van der Waals surface area contributed by atoms with Crippen LogP contribution in [0.1, 0.15) is 17.8 Å². The van der Waals surface area contributed by atoms with Gasteiger partial charge in [0.1, 0.15) is 11.4 Å². The maximum Gasteiger partial charge on any atom is 0.280 e. The Hall–Kier alpha value is -0.460. The van der Waals surface area contributed by atoms with Crippen LogP contribution in [0.3, 0.4) is 0 Å². The highest BCUT2D eigenvalue weighted by atomic mass is 127. The summed E-state index contributed by atoms with van der Waals surface area (Å²) < 4.78 is 30.3. The second kappa shape index (κ2) is 4.17. The first-order chi connectivity index (χ1) is 6.06. The third kappa shape index (κ3) is 2.26. The molecular formula is C8H8F2INO. The molecule has 0 fully saturated rings. The third-order valence-electron chi connectivity index (χ3n) is 1.55. The Labute approximate surface area is 88.5 Å². The van der Waals surface area contributed by atoms with Gasteiger partial charge in [0.05, 0.1) is 16.4 Å². The molecule has 2 nitrogen and oxygen atoms in total. The summed E-state index contributed by atoms with van der Waals surface area (Å²) in [7, 11) is 1.45. The highest BCUT2D eigenvalue weighted by Crippen LogP contribution is 2.27. The van der Waals surface area contributed by atoms with E-state index in [1.165, 1.54) is 13.2 Å². The van der Waals surface area contributed by atoms with Crippen molar-refractivity contribution in [3.63, 3.8) is 0 Å². The highest BCUT2D eigenvalue weighted by Gasteiger charge is 2.14. The zero-order valence-corrected chi connectivity index (χ0v) is 9.30. The molecule has 1 rings (SSSR count). The van der Waals surface area contributed by atoms with Crippen molar-refractivity contribution in [1.29, 1.82) is 0 Å². The lowest BCUT2D eigenvalue weighted by molar-refractivity contribution is 0.145. The molecule has 0 saturated carbocycles. The fourth-order valence-corrected chi connectivity index (χ4v) is 1.41. The summed E-state index contributed by atoms with van der Waals surface area (Å²) in [5, 5.41) is 0. The van der Waals surface area contributed by atoms with Gasteiger partial charge < -0.3 is 4.74 Å². The average Bonchev–Trinajstić information content (AvgIpc) is 2.09. The van der Waals surface area contributed by atoms with Crippen LogP contribution in [-0.4, -0.2) is 12.1 Å². The zero-order valence-electron chi connectivity index (χ0n) is 7.14. The zero-order chi connectivity index (χ0) is 10.0. The SMILES string of the molecule is COc1cc(C(F)F)nc(C)c1I. The molecule has 0 N–H and O–H groups in total. The van der Waals surface area contributed by atoms with Gasteiger partial charge in [-0.15, -0.1) is 0 Å². The monoisotopic (exact) mass is 299 g/mol. The summed E-state index contributed by atoms with van der Waals surface area (Å²) in [5.74, 6) is 0.448. The molecule has 13 heavy (non-hydrogen) atoms. The Balaban J connectivity index is 3.22. The van der Waals surface area contributed by atoms with E-state index < -0.39 is 6.43 Å². The molecule has 0 aromatic carbocycles. The number of rotatable bonds is 2. The van der Waals surface area contributed by atoms with Gasteiger partial charge >= 0.3 is 0 Å². The Morgan fingerprint density at radius 1 is 1.54 bits per heavy atom. The molecule has 5 heteroatoms. The molecule has 1 heterocycles. The third-order valence-corrected chi connectivity index (χ3v) is 2.87. The van der Waals surface area contributed by atoms with Crippen molar-refractivity contribution in [1.82, 2.24) is 4.98 Å². The molecule has 0 spiro atoms. The smallest absolute Gasteiger partial charge is 0.280 e. The van der Waals surface area contributed by atoms with Crippen molar-refractivity contribution in [2.24, 2.45) is 0 Å². The summed E-state index contributed by atoms with van der Waals surface area (Å²) in [4.78, 5) is 3.74. The fraction of sp³-hybridized carbons (Fsp3) is 0.375. The maximum atomic E-state index is 12.3. The molecule has 0 atom stereocenters. The van der Waals surface area contributed by atoms with Crippen molar-refractivity contribution in [2.75, 3.05) is 7.11 Å². The molecule has 0 saturated heterocycles. The number of pyridine rings is 1. The summed E-state index contributed by atoms with van der Waals surface area (Å²) in [6.45, 7) is 1.68. The number of hydrogen-bond acceptors (Lipinski definition) is 2. The summed E-state index contributed by atoms with van der Waals surface area (Å²) in [6, 6.07) is 1.26. The van der Waals surface area contributed by atoms with Gasteiger partial charge in [-0.25, -0.2) is 8.78 Å². The molecule has 0 aliphatic rings. The minimum atomic E-state index is -2.55. The molecule has 1 aromatic rings. The van der Waals surface area contributed by atoms with Crippen LogP contribution in [0.25, 0.3) is 0 Å². The van der Waals surface area contributed by atoms with Crippen molar-refractivity contribution in [3.05, 3.63) is 21.0 Å². The molecule has 72 valence electrons. The van der Waals surface area contributed by atoms with E-state index in [2.05, 4.69) is 4.98 Å². The van der Waals surface area contributed by atoms with E-state index >= 15 is 0 Å².